The van der Waals surface area contributed by atoms with Crippen molar-refractivity contribution in [3.63, 3.8) is 0 Å². The van der Waals surface area contributed by atoms with Crippen molar-refractivity contribution >= 4 is 15.9 Å². The molecule has 11 heteroatoms. The molecule has 1 aromatic carbocycles. The Balaban J connectivity index is 1.47. The predicted octanol–water partition coefficient (Wildman–Crippen LogP) is 1.98. The second-order valence-electron chi connectivity index (χ2n) is 7.34. The predicted molar refractivity (Wildman–Crippen MR) is 103 cm³/mol. The summed E-state index contributed by atoms with van der Waals surface area (Å²) < 4.78 is 66.4. The zero-order chi connectivity index (χ0) is 22.4. The smallest absolute Gasteiger partial charge is 0.378 e. The summed E-state index contributed by atoms with van der Waals surface area (Å²) in [6.07, 6.45) is -5.35. The standard InChI is InChI=1S/C20H18F3N3O4S/c21-20(22,23)18-16(7-4-8-24-18)31(29,30)26-11-14-9-25(10-15(14)12-26)19(28)17(27)13-5-2-1-3-6-13/h1-8,17,27H,9-12H2/t17-/m1/s1. The van der Waals surface area contributed by atoms with Gasteiger partial charge >= 0.3 is 6.18 Å². The molecule has 0 spiro atoms. The number of hydrogen-bond donors (Lipinski definition) is 1. The maximum atomic E-state index is 13.2. The first-order valence-corrected chi connectivity index (χ1v) is 10.8. The number of carbonyl (C=O) groups is 1. The van der Waals surface area contributed by atoms with Crippen LogP contribution in [0.2, 0.25) is 0 Å². The summed E-state index contributed by atoms with van der Waals surface area (Å²) in [6, 6.07) is 10.4. The van der Waals surface area contributed by atoms with E-state index in [4.69, 9.17) is 0 Å². The van der Waals surface area contributed by atoms with Gasteiger partial charge in [0.15, 0.2) is 11.8 Å². The number of nitrogens with zero attached hydrogens (tertiary/aromatic N) is 3. The van der Waals surface area contributed by atoms with Crippen LogP contribution >= 0.6 is 0 Å². The molecule has 1 atom stereocenters. The molecule has 1 aromatic heterocycles. The fraction of sp³-hybridized carbons (Fsp3) is 0.300. The molecule has 0 saturated heterocycles. The Morgan fingerprint density at radius 1 is 1.00 bits per heavy atom. The average molecular weight is 453 g/mol. The molecule has 2 aliphatic rings. The minimum atomic E-state index is -4.91. The number of benzene rings is 1. The van der Waals surface area contributed by atoms with E-state index in [0.717, 1.165) is 22.6 Å². The molecule has 0 unspecified atom stereocenters. The Kier molecular flexibility index (Phi) is 5.36. The van der Waals surface area contributed by atoms with Crippen LogP contribution in [0.3, 0.4) is 0 Å². The molecule has 1 N–H and O–H groups in total. The number of halogens is 3. The highest BCUT2D eigenvalue weighted by Gasteiger charge is 2.43. The largest absolute Gasteiger partial charge is 0.434 e. The first-order chi connectivity index (χ1) is 14.6. The molecule has 0 radical (unpaired) electrons. The number of pyridine rings is 1. The van der Waals surface area contributed by atoms with E-state index in [9.17, 15) is 31.5 Å². The molecule has 164 valence electrons. The highest BCUT2D eigenvalue weighted by Crippen LogP contribution is 2.36. The van der Waals surface area contributed by atoms with Crippen molar-refractivity contribution in [2.45, 2.75) is 17.2 Å². The normalized spacial score (nSPS) is 18.4. The maximum absolute atomic E-state index is 13.2. The lowest BCUT2D eigenvalue weighted by Gasteiger charge is -2.25. The topological polar surface area (TPSA) is 90.8 Å². The van der Waals surface area contributed by atoms with Crippen LogP contribution in [0.1, 0.15) is 17.4 Å². The van der Waals surface area contributed by atoms with Crippen molar-refractivity contribution in [1.82, 2.24) is 14.2 Å². The van der Waals surface area contributed by atoms with Gasteiger partial charge in [-0.1, -0.05) is 30.3 Å². The SMILES string of the molecule is O=C([C@H](O)c1ccccc1)N1CC2=C(C1)CN(S(=O)(=O)c1cccnc1C(F)(F)F)C2. The van der Waals surface area contributed by atoms with Gasteiger partial charge in [0.2, 0.25) is 10.0 Å². The third-order valence-electron chi connectivity index (χ3n) is 5.32. The van der Waals surface area contributed by atoms with Gasteiger partial charge in [0, 0.05) is 32.4 Å². The van der Waals surface area contributed by atoms with Gasteiger partial charge in [-0.3, -0.25) is 9.78 Å². The Bertz CT molecular complexity index is 1130. The number of rotatable bonds is 4. The number of aromatic nitrogens is 1. The Labute approximate surface area is 176 Å². The van der Waals surface area contributed by atoms with E-state index in [1.54, 1.807) is 30.3 Å². The molecule has 0 bridgehead atoms. The van der Waals surface area contributed by atoms with Crippen molar-refractivity contribution in [3.05, 3.63) is 71.1 Å². The van der Waals surface area contributed by atoms with Gasteiger partial charge in [0.05, 0.1) is 0 Å². The van der Waals surface area contributed by atoms with Crippen LogP contribution in [-0.4, -0.2) is 59.8 Å². The van der Waals surface area contributed by atoms with Crippen LogP contribution < -0.4 is 0 Å². The van der Waals surface area contributed by atoms with E-state index in [1.807, 2.05) is 0 Å². The number of sulfonamides is 1. The zero-order valence-corrected chi connectivity index (χ0v) is 16.9. The van der Waals surface area contributed by atoms with Crippen molar-refractivity contribution in [2.24, 2.45) is 0 Å². The summed E-state index contributed by atoms with van der Waals surface area (Å²) in [6.45, 7) is -0.00334. The van der Waals surface area contributed by atoms with E-state index >= 15 is 0 Å². The molecular weight excluding hydrogens is 435 g/mol. The van der Waals surface area contributed by atoms with Crippen molar-refractivity contribution in [1.29, 1.82) is 0 Å². The molecule has 0 saturated carbocycles. The van der Waals surface area contributed by atoms with Crippen LogP contribution in [0.4, 0.5) is 13.2 Å². The Hall–Kier alpha value is -2.76. The minimum absolute atomic E-state index is 0.114. The number of hydrogen-bond acceptors (Lipinski definition) is 5. The van der Waals surface area contributed by atoms with Crippen molar-refractivity contribution in [3.8, 4) is 0 Å². The van der Waals surface area contributed by atoms with Gasteiger partial charge in [0.25, 0.3) is 5.91 Å². The molecule has 2 aromatic rings. The second-order valence-corrected chi connectivity index (χ2v) is 9.24. The van der Waals surface area contributed by atoms with E-state index in [0.29, 0.717) is 16.7 Å². The lowest BCUT2D eigenvalue weighted by Crippen LogP contribution is -2.38. The Morgan fingerprint density at radius 2 is 1.61 bits per heavy atom. The van der Waals surface area contributed by atoms with Crippen LogP contribution in [0, 0.1) is 0 Å². The monoisotopic (exact) mass is 453 g/mol. The molecular formula is C20H18F3N3O4S. The summed E-state index contributed by atoms with van der Waals surface area (Å²) in [7, 11) is -4.44. The number of alkyl halides is 3. The molecule has 3 heterocycles. The van der Waals surface area contributed by atoms with Crippen molar-refractivity contribution < 1.29 is 31.5 Å². The molecule has 7 nitrogen and oxygen atoms in total. The third-order valence-corrected chi connectivity index (χ3v) is 7.14. The van der Waals surface area contributed by atoms with Crippen LogP contribution in [0.15, 0.2) is 64.7 Å². The number of aliphatic hydroxyl groups excluding tert-OH is 1. The van der Waals surface area contributed by atoms with E-state index in [2.05, 4.69) is 4.98 Å². The van der Waals surface area contributed by atoms with Gasteiger partial charge in [0.1, 0.15) is 4.90 Å². The Morgan fingerprint density at radius 3 is 2.19 bits per heavy atom. The lowest BCUT2D eigenvalue weighted by atomic mass is 10.1. The van der Waals surface area contributed by atoms with Gasteiger partial charge in [-0.15, -0.1) is 0 Å². The van der Waals surface area contributed by atoms with Gasteiger partial charge in [-0.25, -0.2) is 8.42 Å². The molecule has 0 fully saturated rings. The van der Waals surface area contributed by atoms with Crippen LogP contribution in [0.5, 0.6) is 0 Å². The van der Waals surface area contributed by atoms with E-state index < -0.39 is 38.8 Å². The minimum Gasteiger partial charge on any atom is -0.378 e. The lowest BCUT2D eigenvalue weighted by molar-refractivity contribution is -0.143. The first kappa shape index (κ1) is 21.5. The summed E-state index contributed by atoms with van der Waals surface area (Å²) >= 11 is 0. The molecule has 31 heavy (non-hydrogen) atoms. The van der Waals surface area contributed by atoms with Gasteiger partial charge in [-0.2, -0.15) is 17.5 Å². The quantitative estimate of drug-likeness (QED) is 0.715. The highest BCUT2D eigenvalue weighted by molar-refractivity contribution is 7.89. The highest BCUT2D eigenvalue weighted by atomic mass is 32.2. The number of aliphatic hydroxyl groups is 1. The van der Waals surface area contributed by atoms with Crippen molar-refractivity contribution in [2.75, 3.05) is 26.2 Å². The molecule has 0 aliphatic carbocycles. The van der Waals surface area contributed by atoms with Crippen LogP contribution in [0.25, 0.3) is 0 Å². The summed E-state index contributed by atoms with van der Waals surface area (Å²) in [5.41, 5.74) is 0.286. The third kappa shape index (κ3) is 3.95. The van der Waals surface area contributed by atoms with E-state index in [-0.39, 0.29) is 26.2 Å². The van der Waals surface area contributed by atoms with Crippen LogP contribution in [-0.2, 0) is 21.0 Å². The zero-order valence-electron chi connectivity index (χ0n) is 16.1. The summed E-state index contributed by atoms with van der Waals surface area (Å²) in [4.78, 5) is 16.4. The molecule has 1 amide bonds. The summed E-state index contributed by atoms with van der Waals surface area (Å²) in [5, 5.41) is 10.3. The van der Waals surface area contributed by atoms with E-state index in [1.165, 1.54) is 4.90 Å². The maximum Gasteiger partial charge on any atom is 0.434 e. The fourth-order valence-electron chi connectivity index (χ4n) is 3.77. The fourth-order valence-corrected chi connectivity index (χ4v) is 5.37. The number of amides is 1. The molecule has 4 rings (SSSR count). The number of carbonyl (C=O) groups excluding carboxylic acids is 1. The van der Waals surface area contributed by atoms with Gasteiger partial charge < -0.3 is 10.0 Å². The van der Waals surface area contributed by atoms with Gasteiger partial charge in [-0.05, 0) is 28.8 Å². The first-order valence-electron chi connectivity index (χ1n) is 9.33. The summed E-state index contributed by atoms with van der Waals surface area (Å²) in [5.74, 6) is -0.512. The average Bonchev–Trinajstić information content (AvgIpc) is 3.32. The second kappa shape index (κ2) is 7.74. The molecule has 2 aliphatic heterocycles.